The molecule has 0 saturated carbocycles. The Kier molecular flexibility index (Phi) is 7.31. The number of rotatable bonds is 6. The van der Waals surface area contributed by atoms with Crippen molar-refractivity contribution in [3.05, 3.63) is 43.6 Å². The van der Waals surface area contributed by atoms with Gasteiger partial charge in [0.15, 0.2) is 11.3 Å². The number of carbonyl (C=O) groups is 3. The van der Waals surface area contributed by atoms with Crippen molar-refractivity contribution in [1.82, 2.24) is 14.6 Å². The molecule has 0 spiro atoms. The molecule has 0 aliphatic rings. The van der Waals surface area contributed by atoms with Crippen LogP contribution in [-0.4, -0.2) is 46.2 Å². The lowest BCUT2D eigenvalue weighted by Gasteiger charge is -2.09. The van der Waals surface area contributed by atoms with Crippen LogP contribution in [0.2, 0.25) is 0 Å². The number of methoxy groups -OCH3 is 1. The summed E-state index contributed by atoms with van der Waals surface area (Å²) in [6.07, 6.45) is -4.20. The van der Waals surface area contributed by atoms with Gasteiger partial charge in [-0.2, -0.15) is 18.3 Å². The fraction of sp³-hybridized carbons (Fsp3) is 0.350. The Labute approximate surface area is 203 Å². The molecule has 3 aromatic heterocycles. The van der Waals surface area contributed by atoms with Crippen molar-refractivity contribution in [1.29, 1.82) is 0 Å². The minimum Gasteiger partial charge on any atom is -0.465 e. The van der Waals surface area contributed by atoms with Crippen LogP contribution in [0.25, 0.3) is 5.65 Å². The number of halogens is 4. The van der Waals surface area contributed by atoms with Crippen molar-refractivity contribution in [2.24, 2.45) is 0 Å². The van der Waals surface area contributed by atoms with Gasteiger partial charge in [0.05, 0.1) is 23.8 Å². The Balaban J connectivity index is 2.08. The molecule has 0 fully saturated rings. The average molecular weight is 563 g/mol. The number of hydrogen-bond donors (Lipinski definition) is 1. The number of anilines is 1. The molecule has 0 aliphatic carbocycles. The number of hydrogen-bond acceptors (Lipinski definition) is 8. The zero-order valence-electron chi connectivity index (χ0n) is 18.3. The Morgan fingerprint density at radius 1 is 1.24 bits per heavy atom. The molecule has 0 aliphatic heterocycles. The number of thiophene rings is 1. The first-order valence-electron chi connectivity index (χ1n) is 9.73. The van der Waals surface area contributed by atoms with Crippen molar-refractivity contribution in [2.45, 2.75) is 33.4 Å². The second-order valence-corrected chi connectivity index (χ2v) is 8.83. The molecule has 1 N–H and O–H groups in total. The summed E-state index contributed by atoms with van der Waals surface area (Å²) < 4.78 is 50.8. The standard InChI is InChI=1S/C20H18BrF3N4O5S/c1-5-6-33-18(30)11-9(3)14(19(31)32-4)34-17(11)26-16(29)13-12(21)15-25-8(2)7-10(20(22,23)24)28(15)27-13/h7H,5-6H2,1-4H3,(H,26,29). The zero-order chi connectivity index (χ0) is 25.4. The summed E-state index contributed by atoms with van der Waals surface area (Å²) in [6.45, 7) is 4.77. The van der Waals surface area contributed by atoms with Gasteiger partial charge in [-0.3, -0.25) is 4.79 Å². The van der Waals surface area contributed by atoms with E-state index < -0.39 is 35.4 Å². The van der Waals surface area contributed by atoms with Crippen molar-refractivity contribution in [3.63, 3.8) is 0 Å². The third-order valence-electron chi connectivity index (χ3n) is 4.55. The second-order valence-electron chi connectivity index (χ2n) is 7.02. The first-order chi connectivity index (χ1) is 15.9. The van der Waals surface area contributed by atoms with Gasteiger partial charge < -0.3 is 14.8 Å². The normalized spacial score (nSPS) is 11.5. The first-order valence-corrected chi connectivity index (χ1v) is 11.3. The highest BCUT2D eigenvalue weighted by Gasteiger charge is 2.36. The molecule has 9 nitrogen and oxygen atoms in total. The molecule has 14 heteroatoms. The van der Waals surface area contributed by atoms with E-state index in [4.69, 9.17) is 9.47 Å². The van der Waals surface area contributed by atoms with Crippen LogP contribution in [0.3, 0.4) is 0 Å². The van der Waals surface area contributed by atoms with Gasteiger partial charge in [0, 0.05) is 5.69 Å². The van der Waals surface area contributed by atoms with Crippen molar-refractivity contribution < 1.29 is 37.0 Å². The Hall–Kier alpha value is -3.00. The van der Waals surface area contributed by atoms with Gasteiger partial charge in [0.2, 0.25) is 0 Å². The SMILES string of the molecule is CCCOC(=O)c1c(NC(=O)c2nn3c(C(F)(F)F)cc(C)nc3c2Br)sc(C(=O)OC)c1C. The number of aromatic nitrogens is 3. The van der Waals surface area contributed by atoms with E-state index in [1.165, 1.54) is 13.8 Å². The number of alkyl halides is 3. The van der Waals surface area contributed by atoms with Crippen LogP contribution in [0.5, 0.6) is 0 Å². The van der Waals surface area contributed by atoms with Crippen molar-refractivity contribution in [2.75, 3.05) is 19.0 Å². The molecule has 0 saturated heterocycles. The summed E-state index contributed by atoms with van der Waals surface area (Å²) >= 11 is 3.87. The van der Waals surface area contributed by atoms with Crippen LogP contribution in [-0.2, 0) is 15.7 Å². The highest BCUT2D eigenvalue weighted by Crippen LogP contribution is 2.36. The Morgan fingerprint density at radius 3 is 2.50 bits per heavy atom. The third-order valence-corrected chi connectivity index (χ3v) is 6.47. The Bertz CT molecular complexity index is 1300. The van der Waals surface area contributed by atoms with Gasteiger partial charge in [-0.1, -0.05) is 6.92 Å². The van der Waals surface area contributed by atoms with E-state index in [0.717, 1.165) is 24.5 Å². The van der Waals surface area contributed by atoms with Gasteiger partial charge in [0.25, 0.3) is 5.91 Å². The number of esters is 2. The maximum Gasteiger partial charge on any atom is 0.433 e. The lowest BCUT2D eigenvalue weighted by molar-refractivity contribution is -0.142. The number of nitrogens with zero attached hydrogens (tertiary/aromatic N) is 3. The molecule has 182 valence electrons. The van der Waals surface area contributed by atoms with E-state index in [0.29, 0.717) is 10.9 Å². The summed E-state index contributed by atoms with van der Waals surface area (Å²) in [4.78, 5) is 41.8. The number of nitrogens with one attached hydrogen (secondary N) is 1. The minimum absolute atomic E-state index is 0.0341. The van der Waals surface area contributed by atoms with Crippen LogP contribution >= 0.6 is 27.3 Å². The smallest absolute Gasteiger partial charge is 0.433 e. The van der Waals surface area contributed by atoms with Gasteiger partial charge in [-0.05, 0) is 47.8 Å². The number of aryl methyl sites for hydroxylation is 1. The predicted molar refractivity (Wildman–Crippen MR) is 119 cm³/mol. The number of fused-ring (bicyclic) bond motifs is 1. The highest BCUT2D eigenvalue weighted by molar-refractivity contribution is 9.10. The second kappa shape index (κ2) is 9.70. The maximum atomic E-state index is 13.5. The van der Waals surface area contributed by atoms with Gasteiger partial charge in [-0.25, -0.2) is 19.1 Å². The fourth-order valence-electron chi connectivity index (χ4n) is 3.02. The van der Waals surface area contributed by atoms with Gasteiger partial charge in [0.1, 0.15) is 15.6 Å². The Morgan fingerprint density at radius 2 is 1.91 bits per heavy atom. The van der Waals surface area contributed by atoms with E-state index in [2.05, 4.69) is 31.3 Å². The molecule has 0 unspecified atom stereocenters. The molecule has 3 heterocycles. The summed E-state index contributed by atoms with van der Waals surface area (Å²) in [5.74, 6) is -2.42. The zero-order valence-corrected chi connectivity index (χ0v) is 20.7. The number of ether oxygens (including phenoxy) is 2. The fourth-order valence-corrected chi connectivity index (χ4v) is 4.65. The third kappa shape index (κ3) is 4.78. The van der Waals surface area contributed by atoms with Crippen LogP contribution in [0.4, 0.5) is 18.2 Å². The molecule has 3 aromatic rings. The van der Waals surface area contributed by atoms with E-state index in [1.807, 2.05) is 0 Å². The monoisotopic (exact) mass is 562 g/mol. The maximum absolute atomic E-state index is 13.5. The molecule has 0 radical (unpaired) electrons. The molecule has 0 atom stereocenters. The van der Waals surface area contributed by atoms with Crippen molar-refractivity contribution in [3.8, 4) is 0 Å². The predicted octanol–water partition coefficient (Wildman–Crippen LogP) is 4.79. The average Bonchev–Trinajstić information content (AvgIpc) is 3.27. The van der Waals surface area contributed by atoms with E-state index in [9.17, 15) is 27.6 Å². The quantitative estimate of drug-likeness (QED) is 0.429. The number of carbonyl (C=O) groups excluding carboxylic acids is 3. The molecule has 0 bridgehead atoms. The highest BCUT2D eigenvalue weighted by atomic mass is 79.9. The minimum atomic E-state index is -4.75. The lowest BCUT2D eigenvalue weighted by atomic mass is 10.1. The first kappa shape index (κ1) is 25.6. The summed E-state index contributed by atoms with van der Waals surface area (Å²) in [5.41, 5.74) is -1.47. The van der Waals surface area contributed by atoms with Crippen LogP contribution < -0.4 is 5.32 Å². The topological polar surface area (TPSA) is 112 Å². The summed E-state index contributed by atoms with van der Waals surface area (Å²) in [5, 5.41) is 6.21. The largest absolute Gasteiger partial charge is 0.465 e. The molecule has 0 aromatic carbocycles. The summed E-state index contributed by atoms with van der Waals surface area (Å²) in [6, 6.07) is 0.807. The van der Waals surface area contributed by atoms with E-state index >= 15 is 0 Å². The molecule has 34 heavy (non-hydrogen) atoms. The molecule has 1 amide bonds. The van der Waals surface area contributed by atoms with Gasteiger partial charge >= 0.3 is 18.1 Å². The van der Waals surface area contributed by atoms with E-state index in [1.54, 1.807) is 6.92 Å². The molecular weight excluding hydrogens is 545 g/mol. The van der Waals surface area contributed by atoms with Crippen LogP contribution in [0.1, 0.15) is 60.8 Å². The van der Waals surface area contributed by atoms with Crippen LogP contribution in [0.15, 0.2) is 10.5 Å². The summed E-state index contributed by atoms with van der Waals surface area (Å²) in [7, 11) is 1.16. The van der Waals surface area contributed by atoms with Gasteiger partial charge in [-0.15, -0.1) is 11.3 Å². The lowest BCUT2D eigenvalue weighted by Crippen LogP contribution is -2.17. The van der Waals surface area contributed by atoms with E-state index in [-0.39, 0.29) is 43.4 Å². The molecule has 3 rings (SSSR count). The van der Waals surface area contributed by atoms with Crippen molar-refractivity contribution >= 4 is 55.8 Å². The molecular formula is C20H18BrF3N4O5S. The number of amides is 1. The van der Waals surface area contributed by atoms with Crippen LogP contribution in [0, 0.1) is 13.8 Å².